The second-order valence-electron chi connectivity index (χ2n) is 5.34. The Labute approximate surface area is 139 Å². The smallest absolute Gasteiger partial charge is 0.267 e. The highest BCUT2D eigenvalue weighted by Crippen LogP contribution is 2.33. The Bertz CT molecular complexity index is 960. The van der Waals surface area contributed by atoms with Gasteiger partial charge in [-0.05, 0) is 22.6 Å². The Balaban J connectivity index is 2.44. The van der Waals surface area contributed by atoms with Crippen LogP contribution in [0, 0.1) is 11.3 Å². The van der Waals surface area contributed by atoms with Gasteiger partial charge in [0.25, 0.3) is 5.91 Å². The van der Waals surface area contributed by atoms with E-state index in [4.69, 9.17) is 10.5 Å². The van der Waals surface area contributed by atoms with Crippen LogP contribution in [-0.4, -0.2) is 18.0 Å². The van der Waals surface area contributed by atoms with E-state index in [-0.39, 0.29) is 11.4 Å². The van der Waals surface area contributed by atoms with E-state index >= 15 is 0 Å². The SMILES string of the molecule is COCc1ccc2c(C(N)=O)nc(C#N)c(-c3ccccc3)c2c1. The van der Waals surface area contributed by atoms with Gasteiger partial charge in [-0.2, -0.15) is 5.26 Å². The number of amides is 1. The minimum atomic E-state index is -0.657. The molecule has 2 N–H and O–H groups in total. The van der Waals surface area contributed by atoms with E-state index in [9.17, 15) is 10.1 Å². The first-order valence-electron chi connectivity index (χ1n) is 7.36. The fourth-order valence-corrected chi connectivity index (χ4v) is 2.78. The molecule has 0 spiro atoms. The Kier molecular flexibility index (Phi) is 4.23. The molecule has 24 heavy (non-hydrogen) atoms. The predicted molar refractivity (Wildman–Crippen MR) is 91.1 cm³/mol. The summed E-state index contributed by atoms with van der Waals surface area (Å²) in [4.78, 5) is 16.0. The van der Waals surface area contributed by atoms with Crippen molar-refractivity contribution < 1.29 is 9.53 Å². The zero-order valence-electron chi connectivity index (χ0n) is 13.1. The van der Waals surface area contributed by atoms with Crippen molar-refractivity contribution in [3.63, 3.8) is 0 Å². The molecule has 0 unspecified atom stereocenters. The van der Waals surface area contributed by atoms with Crippen LogP contribution in [0.15, 0.2) is 48.5 Å². The Morgan fingerprint density at radius 3 is 2.58 bits per heavy atom. The maximum atomic E-state index is 11.8. The van der Waals surface area contributed by atoms with E-state index in [1.165, 1.54) is 0 Å². The molecule has 5 heteroatoms. The number of nitriles is 1. The maximum absolute atomic E-state index is 11.8. The fourth-order valence-electron chi connectivity index (χ4n) is 2.78. The van der Waals surface area contributed by atoms with Gasteiger partial charge in [0.1, 0.15) is 17.5 Å². The highest BCUT2D eigenvalue weighted by Gasteiger charge is 2.18. The number of rotatable bonds is 4. The molecule has 0 bridgehead atoms. The number of aromatic nitrogens is 1. The van der Waals surface area contributed by atoms with Gasteiger partial charge in [0.15, 0.2) is 0 Å². The van der Waals surface area contributed by atoms with Gasteiger partial charge in [-0.1, -0.05) is 42.5 Å². The zero-order chi connectivity index (χ0) is 17.1. The summed E-state index contributed by atoms with van der Waals surface area (Å²) >= 11 is 0. The summed E-state index contributed by atoms with van der Waals surface area (Å²) in [5.74, 6) is -0.657. The number of primary amides is 1. The van der Waals surface area contributed by atoms with Crippen molar-refractivity contribution in [3.05, 3.63) is 65.5 Å². The van der Waals surface area contributed by atoms with Crippen LogP contribution in [0.2, 0.25) is 0 Å². The average molecular weight is 317 g/mol. The van der Waals surface area contributed by atoms with Crippen molar-refractivity contribution in [1.82, 2.24) is 4.98 Å². The number of nitrogens with two attached hydrogens (primary N) is 1. The molecule has 1 heterocycles. The molecule has 1 aromatic heterocycles. The third kappa shape index (κ3) is 2.71. The van der Waals surface area contributed by atoms with Crippen molar-refractivity contribution >= 4 is 16.7 Å². The van der Waals surface area contributed by atoms with Crippen LogP contribution < -0.4 is 5.73 Å². The third-order valence-corrected chi connectivity index (χ3v) is 3.78. The molecule has 0 fully saturated rings. The van der Waals surface area contributed by atoms with E-state index in [0.717, 1.165) is 16.5 Å². The van der Waals surface area contributed by atoms with Crippen molar-refractivity contribution in [1.29, 1.82) is 5.26 Å². The number of fused-ring (bicyclic) bond motifs is 1. The lowest BCUT2D eigenvalue weighted by Gasteiger charge is -2.13. The van der Waals surface area contributed by atoms with E-state index in [2.05, 4.69) is 11.1 Å². The van der Waals surface area contributed by atoms with Gasteiger partial charge in [-0.25, -0.2) is 4.98 Å². The number of carbonyl (C=O) groups is 1. The molecule has 3 aromatic rings. The van der Waals surface area contributed by atoms with Crippen molar-refractivity contribution in [2.24, 2.45) is 5.73 Å². The summed E-state index contributed by atoms with van der Waals surface area (Å²) in [5, 5.41) is 10.9. The van der Waals surface area contributed by atoms with Gasteiger partial charge >= 0.3 is 0 Å². The molecule has 3 rings (SSSR count). The molecule has 2 aromatic carbocycles. The number of hydrogen-bond acceptors (Lipinski definition) is 4. The summed E-state index contributed by atoms with van der Waals surface area (Å²) in [6.45, 7) is 0.431. The molecule has 0 aliphatic rings. The number of methoxy groups -OCH3 is 1. The topological polar surface area (TPSA) is 89.0 Å². The highest BCUT2D eigenvalue weighted by atomic mass is 16.5. The summed E-state index contributed by atoms with van der Waals surface area (Å²) in [7, 11) is 1.62. The second-order valence-corrected chi connectivity index (χ2v) is 5.34. The highest BCUT2D eigenvalue weighted by molar-refractivity contribution is 6.09. The lowest BCUT2D eigenvalue weighted by atomic mass is 9.94. The molecule has 0 aliphatic carbocycles. The Hall–Kier alpha value is -3.23. The van der Waals surface area contributed by atoms with E-state index < -0.39 is 5.91 Å². The first-order chi connectivity index (χ1) is 11.7. The van der Waals surface area contributed by atoms with Crippen molar-refractivity contribution in [3.8, 4) is 17.2 Å². The second kappa shape index (κ2) is 6.49. The van der Waals surface area contributed by atoms with Crippen LogP contribution in [-0.2, 0) is 11.3 Å². The number of carbonyl (C=O) groups excluding carboxylic acids is 1. The van der Waals surface area contributed by atoms with Crippen LogP contribution in [0.4, 0.5) is 0 Å². The Morgan fingerprint density at radius 2 is 1.96 bits per heavy atom. The average Bonchev–Trinajstić information content (AvgIpc) is 2.61. The number of hydrogen-bond donors (Lipinski definition) is 1. The quantitative estimate of drug-likeness (QED) is 0.801. The van der Waals surface area contributed by atoms with E-state index in [1.807, 2.05) is 42.5 Å². The maximum Gasteiger partial charge on any atom is 0.267 e. The molecule has 0 radical (unpaired) electrons. The number of ether oxygens (including phenoxy) is 1. The molecule has 0 saturated carbocycles. The van der Waals surface area contributed by atoms with Crippen LogP contribution in [0.25, 0.3) is 21.9 Å². The molecule has 0 saturated heterocycles. The standard InChI is InChI=1S/C19H15N3O2/c1-24-11-12-7-8-14-15(9-12)17(13-5-3-2-4-6-13)16(10-20)22-18(14)19(21)23/h2-9H,11H2,1H3,(H2,21,23). The van der Waals surface area contributed by atoms with Crippen LogP contribution in [0.3, 0.4) is 0 Å². The van der Waals surface area contributed by atoms with Crippen LogP contribution >= 0.6 is 0 Å². The first kappa shape index (κ1) is 15.7. The lowest BCUT2D eigenvalue weighted by molar-refractivity contribution is 0.0997. The van der Waals surface area contributed by atoms with E-state index in [0.29, 0.717) is 17.6 Å². The van der Waals surface area contributed by atoms with Gasteiger partial charge in [0.05, 0.1) is 6.61 Å². The van der Waals surface area contributed by atoms with E-state index in [1.54, 1.807) is 13.2 Å². The van der Waals surface area contributed by atoms with Crippen molar-refractivity contribution in [2.45, 2.75) is 6.61 Å². The number of pyridine rings is 1. The summed E-state index contributed by atoms with van der Waals surface area (Å²) in [6, 6.07) is 17.2. The van der Waals surface area contributed by atoms with Gasteiger partial charge in [0, 0.05) is 18.1 Å². The predicted octanol–water partition coefficient (Wildman–Crippen LogP) is 3.02. The summed E-state index contributed by atoms with van der Waals surface area (Å²) in [6.07, 6.45) is 0. The van der Waals surface area contributed by atoms with Crippen molar-refractivity contribution in [2.75, 3.05) is 7.11 Å². The minimum absolute atomic E-state index is 0.102. The number of benzene rings is 2. The molecule has 118 valence electrons. The monoisotopic (exact) mass is 317 g/mol. The summed E-state index contributed by atoms with van der Waals surface area (Å²) < 4.78 is 5.18. The molecule has 0 aliphatic heterocycles. The normalized spacial score (nSPS) is 10.5. The van der Waals surface area contributed by atoms with Gasteiger partial charge in [-0.15, -0.1) is 0 Å². The largest absolute Gasteiger partial charge is 0.380 e. The minimum Gasteiger partial charge on any atom is -0.380 e. The molecular weight excluding hydrogens is 302 g/mol. The fraction of sp³-hybridized carbons (Fsp3) is 0.105. The zero-order valence-corrected chi connectivity index (χ0v) is 13.1. The van der Waals surface area contributed by atoms with Gasteiger partial charge < -0.3 is 10.5 Å². The van der Waals surface area contributed by atoms with Crippen LogP contribution in [0.5, 0.6) is 0 Å². The van der Waals surface area contributed by atoms with Gasteiger partial charge in [0.2, 0.25) is 0 Å². The molecule has 1 amide bonds. The summed E-state index contributed by atoms with van der Waals surface area (Å²) in [5.41, 5.74) is 8.22. The third-order valence-electron chi connectivity index (χ3n) is 3.78. The molecule has 5 nitrogen and oxygen atoms in total. The molecular formula is C19H15N3O2. The van der Waals surface area contributed by atoms with Gasteiger partial charge in [-0.3, -0.25) is 4.79 Å². The Morgan fingerprint density at radius 1 is 1.21 bits per heavy atom. The number of nitrogens with zero attached hydrogens (tertiary/aromatic N) is 2. The lowest BCUT2D eigenvalue weighted by Crippen LogP contribution is -2.15. The van der Waals surface area contributed by atoms with Crippen LogP contribution in [0.1, 0.15) is 21.7 Å². The molecule has 0 atom stereocenters. The first-order valence-corrected chi connectivity index (χ1v) is 7.36.